The monoisotopic (exact) mass is 325 g/mol. The van der Waals surface area contributed by atoms with Crippen LogP contribution in [0.1, 0.15) is 31.4 Å². The number of fused-ring (bicyclic) bond motifs is 1. The summed E-state index contributed by atoms with van der Waals surface area (Å²) in [7, 11) is 2.24. The van der Waals surface area contributed by atoms with E-state index in [-0.39, 0.29) is 5.60 Å². The average molecular weight is 325 g/mol. The van der Waals surface area contributed by atoms with Gasteiger partial charge in [0.15, 0.2) is 0 Å². The first-order chi connectivity index (χ1) is 11.7. The largest absolute Gasteiger partial charge is 0.375 e. The Morgan fingerprint density at radius 3 is 2.92 bits per heavy atom. The summed E-state index contributed by atoms with van der Waals surface area (Å²) >= 11 is 0. The highest BCUT2D eigenvalue weighted by Crippen LogP contribution is 2.35. The Kier molecular flexibility index (Phi) is 4.53. The molecule has 0 radical (unpaired) electrons. The number of hydrogen-bond donors (Lipinski definition) is 1. The van der Waals surface area contributed by atoms with E-state index in [9.17, 15) is 0 Å². The van der Waals surface area contributed by atoms with Crippen LogP contribution in [0.25, 0.3) is 10.9 Å². The van der Waals surface area contributed by atoms with Gasteiger partial charge < -0.3 is 10.1 Å². The van der Waals surface area contributed by atoms with Gasteiger partial charge in [-0.1, -0.05) is 24.3 Å². The van der Waals surface area contributed by atoms with Gasteiger partial charge in [0.1, 0.15) is 0 Å². The molecule has 3 heterocycles. The van der Waals surface area contributed by atoms with Gasteiger partial charge in [-0.3, -0.25) is 9.88 Å². The number of aromatic nitrogens is 1. The standard InChI is InChI=1S/C20H27N3O/c1-23(15-17-7-6-16-4-2-3-5-19(16)22-17)18-8-13-24-20(14-18)9-11-21-12-10-20/h2-7,18,21H,8-15H2,1H3. The summed E-state index contributed by atoms with van der Waals surface area (Å²) in [5.74, 6) is 0. The molecule has 0 bridgehead atoms. The van der Waals surface area contributed by atoms with E-state index in [4.69, 9.17) is 9.72 Å². The van der Waals surface area contributed by atoms with Crippen molar-refractivity contribution < 1.29 is 4.74 Å². The Bertz CT molecular complexity index is 691. The first-order valence-corrected chi connectivity index (χ1v) is 9.14. The van der Waals surface area contributed by atoms with Crippen molar-refractivity contribution in [2.24, 2.45) is 0 Å². The Labute approximate surface area is 144 Å². The van der Waals surface area contributed by atoms with Crippen LogP contribution < -0.4 is 5.32 Å². The van der Waals surface area contributed by atoms with Crippen molar-refractivity contribution in [3.8, 4) is 0 Å². The number of benzene rings is 1. The summed E-state index contributed by atoms with van der Waals surface area (Å²) in [6, 6.07) is 13.3. The summed E-state index contributed by atoms with van der Waals surface area (Å²) in [5, 5.41) is 4.67. The van der Waals surface area contributed by atoms with Crippen LogP contribution in [0.4, 0.5) is 0 Å². The van der Waals surface area contributed by atoms with Gasteiger partial charge in [-0.05, 0) is 58.0 Å². The van der Waals surface area contributed by atoms with Gasteiger partial charge in [-0.2, -0.15) is 0 Å². The van der Waals surface area contributed by atoms with Crippen LogP contribution in [0.15, 0.2) is 36.4 Å². The average Bonchev–Trinajstić information content (AvgIpc) is 2.62. The van der Waals surface area contributed by atoms with E-state index in [1.807, 2.05) is 0 Å². The molecule has 1 spiro atoms. The highest BCUT2D eigenvalue weighted by atomic mass is 16.5. The molecule has 4 heteroatoms. The fraction of sp³-hybridized carbons (Fsp3) is 0.550. The second-order valence-electron chi connectivity index (χ2n) is 7.34. The van der Waals surface area contributed by atoms with Crippen LogP contribution in [0.2, 0.25) is 0 Å². The van der Waals surface area contributed by atoms with Gasteiger partial charge in [0.2, 0.25) is 0 Å². The van der Waals surface area contributed by atoms with Gasteiger partial charge in [0.05, 0.1) is 16.8 Å². The zero-order valence-electron chi connectivity index (χ0n) is 14.5. The third kappa shape index (κ3) is 3.32. The number of hydrogen-bond acceptors (Lipinski definition) is 4. The molecule has 0 saturated carbocycles. The molecular weight excluding hydrogens is 298 g/mol. The minimum absolute atomic E-state index is 0.110. The fourth-order valence-corrected chi connectivity index (χ4v) is 4.19. The number of para-hydroxylation sites is 1. The van der Waals surface area contributed by atoms with Gasteiger partial charge in [0, 0.05) is 24.6 Å². The number of pyridine rings is 1. The highest BCUT2D eigenvalue weighted by molar-refractivity contribution is 5.78. The van der Waals surface area contributed by atoms with Crippen molar-refractivity contribution in [2.45, 2.75) is 43.9 Å². The summed E-state index contributed by atoms with van der Waals surface area (Å²) in [6.45, 7) is 3.97. The molecule has 2 saturated heterocycles. The van der Waals surface area contributed by atoms with E-state index in [0.29, 0.717) is 6.04 Å². The molecule has 1 N–H and O–H groups in total. The smallest absolute Gasteiger partial charge is 0.0721 e. The van der Waals surface area contributed by atoms with Gasteiger partial charge in [-0.15, -0.1) is 0 Å². The predicted octanol–water partition coefficient (Wildman–Crippen LogP) is 2.97. The lowest BCUT2D eigenvalue weighted by molar-refractivity contribution is -0.119. The molecule has 1 aromatic heterocycles. The van der Waals surface area contributed by atoms with E-state index in [0.717, 1.165) is 63.1 Å². The van der Waals surface area contributed by atoms with Crippen LogP contribution in [0, 0.1) is 0 Å². The number of piperidine rings is 1. The van der Waals surface area contributed by atoms with Crippen LogP contribution >= 0.6 is 0 Å². The number of ether oxygens (including phenoxy) is 1. The van der Waals surface area contributed by atoms with E-state index in [1.165, 1.54) is 5.39 Å². The molecule has 1 atom stereocenters. The zero-order valence-corrected chi connectivity index (χ0v) is 14.5. The summed E-state index contributed by atoms with van der Waals surface area (Å²) in [4.78, 5) is 7.31. The first-order valence-electron chi connectivity index (χ1n) is 9.14. The fourth-order valence-electron chi connectivity index (χ4n) is 4.19. The molecule has 2 aliphatic rings. The summed E-state index contributed by atoms with van der Waals surface area (Å²) in [6.07, 6.45) is 4.56. The van der Waals surface area contributed by atoms with Crippen molar-refractivity contribution in [1.82, 2.24) is 15.2 Å². The lowest BCUT2D eigenvalue weighted by Gasteiger charge is -2.46. The van der Waals surface area contributed by atoms with E-state index >= 15 is 0 Å². The van der Waals surface area contributed by atoms with Gasteiger partial charge in [-0.25, -0.2) is 0 Å². The van der Waals surface area contributed by atoms with Gasteiger partial charge >= 0.3 is 0 Å². The Morgan fingerprint density at radius 1 is 1.21 bits per heavy atom. The molecular formula is C20H27N3O. The van der Waals surface area contributed by atoms with Crippen molar-refractivity contribution in [3.63, 3.8) is 0 Å². The highest BCUT2D eigenvalue weighted by Gasteiger charge is 2.39. The third-order valence-corrected chi connectivity index (χ3v) is 5.67. The summed E-state index contributed by atoms with van der Waals surface area (Å²) in [5.41, 5.74) is 2.35. The molecule has 128 valence electrons. The minimum atomic E-state index is 0.110. The summed E-state index contributed by atoms with van der Waals surface area (Å²) < 4.78 is 6.21. The lowest BCUT2D eigenvalue weighted by atomic mass is 9.82. The van der Waals surface area contributed by atoms with Crippen molar-refractivity contribution in [2.75, 3.05) is 26.7 Å². The molecule has 2 aliphatic heterocycles. The molecule has 1 unspecified atom stereocenters. The molecule has 4 nitrogen and oxygen atoms in total. The Hall–Kier alpha value is -1.49. The molecule has 1 aromatic carbocycles. The quantitative estimate of drug-likeness (QED) is 0.941. The van der Waals surface area contributed by atoms with E-state index in [1.54, 1.807) is 0 Å². The lowest BCUT2D eigenvalue weighted by Crippen LogP contribution is -2.52. The minimum Gasteiger partial charge on any atom is -0.375 e. The van der Waals surface area contributed by atoms with Gasteiger partial charge in [0.25, 0.3) is 0 Å². The van der Waals surface area contributed by atoms with E-state index < -0.39 is 0 Å². The second-order valence-corrected chi connectivity index (χ2v) is 7.34. The van der Waals surface area contributed by atoms with Crippen molar-refractivity contribution in [3.05, 3.63) is 42.1 Å². The van der Waals surface area contributed by atoms with Crippen LogP contribution in [0.3, 0.4) is 0 Å². The number of rotatable bonds is 3. The SMILES string of the molecule is CN(Cc1ccc2ccccc2n1)C1CCOC2(CCNCC2)C1. The maximum Gasteiger partial charge on any atom is 0.0721 e. The molecule has 4 rings (SSSR count). The maximum absolute atomic E-state index is 6.21. The second kappa shape index (κ2) is 6.79. The van der Waals surface area contributed by atoms with Crippen molar-refractivity contribution >= 4 is 10.9 Å². The molecule has 2 fully saturated rings. The molecule has 0 aliphatic carbocycles. The van der Waals surface area contributed by atoms with E-state index in [2.05, 4.69) is 53.7 Å². The molecule has 24 heavy (non-hydrogen) atoms. The predicted molar refractivity (Wildman–Crippen MR) is 97.0 cm³/mol. The van der Waals surface area contributed by atoms with Crippen molar-refractivity contribution in [1.29, 1.82) is 0 Å². The first kappa shape index (κ1) is 16.0. The van der Waals surface area contributed by atoms with Crippen LogP contribution in [-0.2, 0) is 11.3 Å². The normalized spacial score (nSPS) is 23.8. The number of nitrogens with one attached hydrogen (secondary N) is 1. The third-order valence-electron chi connectivity index (χ3n) is 5.67. The Morgan fingerprint density at radius 2 is 2.04 bits per heavy atom. The Balaban J connectivity index is 1.45. The van der Waals surface area contributed by atoms with Crippen LogP contribution in [0.5, 0.6) is 0 Å². The number of nitrogens with zero attached hydrogens (tertiary/aromatic N) is 2. The van der Waals surface area contributed by atoms with Crippen LogP contribution in [-0.4, -0.2) is 48.3 Å². The topological polar surface area (TPSA) is 37.4 Å². The molecule has 0 amide bonds. The maximum atomic E-state index is 6.21. The zero-order chi connectivity index (χ0) is 16.4. The molecule has 2 aromatic rings.